The number of hydrogen-bond donors (Lipinski definition) is 0. The van der Waals surface area contributed by atoms with E-state index in [9.17, 15) is 4.79 Å². The van der Waals surface area contributed by atoms with Gasteiger partial charge in [0.25, 0.3) is 0 Å². The Balaban J connectivity index is 2.13. The van der Waals surface area contributed by atoms with Crippen molar-refractivity contribution in [1.82, 2.24) is 0 Å². The molecule has 1 aromatic carbocycles. The molecule has 1 aromatic rings. The van der Waals surface area contributed by atoms with Crippen LogP contribution in [0.15, 0.2) is 24.3 Å². The lowest BCUT2D eigenvalue weighted by Crippen LogP contribution is -1.90. The Morgan fingerprint density at radius 2 is 1.25 bits per heavy atom. The minimum Gasteiger partial charge on any atom is -0.303 e. The van der Waals surface area contributed by atoms with E-state index >= 15 is 0 Å². The van der Waals surface area contributed by atoms with Crippen LogP contribution in [0, 0.1) is 0 Å². The summed E-state index contributed by atoms with van der Waals surface area (Å²) in [5.41, 5.74) is 2.87. The van der Waals surface area contributed by atoms with Crippen molar-refractivity contribution in [3.05, 3.63) is 35.4 Å². The van der Waals surface area contributed by atoms with Gasteiger partial charge in [-0.05, 0) is 43.2 Å². The second-order valence-corrected chi connectivity index (χ2v) is 5.75. The van der Waals surface area contributed by atoms with Gasteiger partial charge in [-0.15, -0.1) is 0 Å². The van der Waals surface area contributed by atoms with Crippen LogP contribution < -0.4 is 0 Å². The molecular weight excluding hydrogens is 244 g/mol. The molecule has 0 radical (unpaired) electrons. The Morgan fingerprint density at radius 1 is 0.750 bits per heavy atom. The molecular formula is C19H30O. The third kappa shape index (κ3) is 8.14. The van der Waals surface area contributed by atoms with Crippen LogP contribution in [0.25, 0.3) is 0 Å². The SMILES string of the molecule is CCCCCCCCc1ccc(CCCCC=O)cc1. The Morgan fingerprint density at radius 3 is 1.80 bits per heavy atom. The van der Waals surface area contributed by atoms with Crippen LogP contribution >= 0.6 is 0 Å². The van der Waals surface area contributed by atoms with E-state index in [4.69, 9.17) is 0 Å². The molecule has 20 heavy (non-hydrogen) atoms. The highest BCUT2D eigenvalue weighted by atomic mass is 16.1. The van der Waals surface area contributed by atoms with E-state index in [-0.39, 0.29) is 0 Å². The van der Waals surface area contributed by atoms with Gasteiger partial charge in [0.2, 0.25) is 0 Å². The average molecular weight is 274 g/mol. The lowest BCUT2D eigenvalue weighted by molar-refractivity contribution is -0.107. The molecule has 0 aliphatic heterocycles. The summed E-state index contributed by atoms with van der Waals surface area (Å²) in [4.78, 5) is 10.2. The first kappa shape index (κ1) is 16.9. The van der Waals surface area contributed by atoms with Gasteiger partial charge in [-0.25, -0.2) is 0 Å². The molecule has 1 rings (SSSR count). The third-order valence-corrected chi connectivity index (χ3v) is 3.88. The number of benzene rings is 1. The Hall–Kier alpha value is -1.11. The number of hydrogen-bond acceptors (Lipinski definition) is 1. The summed E-state index contributed by atoms with van der Waals surface area (Å²) in [5.74, 6) is 0. The minimum atomic E-state index is 0.704. The van der Waals surface area contributed by atoms with Gasteiger partial charge in [0.1, 0.15) is 6.29 Å². The first-order chi connectivity index (χ1) is 9.86. The molecule has 112 valence electrons. The fourth-order valence-corrected chi connectivity index (χ4v) is 2.54. The van der Waals surface area contributed by atoms with E-state index < -0.39 is 0 Å². The van der Waals surface area contributed by atoms with Gasteiger partial charge < -0.3 is 4.79 Å². The second kappa shape index (κ2) is 11.7. The van der Waals surface area contributed by atoms with Gasteiger partial charge >= 0.3 is 0 Å². The number of rotatable bonds is 12. The second-order valence-electron chi connectivity index (χ2n) is 5.75. The van der Waals surface area contributed by atoms with E-state index in [1.807, 2.05) is 0 Å². The third-order valence-electron chi connectivity index (χ3n) is 3.88. The highest BCUT2D eigenvalue weighted by Crippen LogP contribution is 2.12. The summed E-state index contributed by atoms with van der Waals surface area (Å²) in [6, 6.07) is 9.07. The van der Waals surface area contributed by atoms with Crippen LogP contribution in [0.3, 0.4) is 0 Å². The van der Waals surface area contributed by atoms with Crippen molar-refractivity contribution in [3.63, 3.8) is 0 Å². The van der Waals surface area contributed by atoms with Crippen molar-refractivity contribution in [3.8, 4) is 0 Å². The molecule has 0 heterocycles. The number of carbonyl (C=O) groups is 1. The van der Waals surface area contributed by atoms with Crippen LogP contribution in [0.5, 0.6) is 0 Å². The van der Waals surface area contributed by atoms with Crippen LogP contribution in [-0.2, 0) is 17.6 Å². The molecule has 1 heteroatoms. The molecule has 0 amide bonds. The van der Waals surface area contributed by atoms with Crippen LogP contribution in [-0.4, -0.2) is 6.29 Å². The normalized spacial score (nSPS) is 10.7. The number of carbonyl (C=O) groups excluding carboxylic acids is 1. The van der Waals surface area contributed by atoms with Crippen molar-refractivity contribution < 1.29 is 4.79 Å². The minimum absolute atomic E-state index is 0.704. The van der Waals surface area contributed by atoms with Gasteiger partial charge in [-0.2, -0.15) is 0 Å². The predicted octanol–water partition coefficient (Wildman–Crippen LogP) is 5.50. The lowest BCUT2D eigenvalue weighted by Gasteiger charge is -2.04. The van der Waals surface area contributed by atoms with Crippen molar-refractivity contribution in [1.29, 1.82) is 0 Å². The Kier molecular flexibility index (Phi) is 9.91. The molecule has 0 atom stereocenters. The Labute approximate surface area is 124 Å². The molecule has 0 spiro atoms. The smallest absolute Gasteiger partial charge is 0.119 e. The summed E-state index contributed by atoms with van der Waals surface area (Å²) in [6.45, 7) is 2.26. The van der Waals surface area contributed by atoms with Crippen LogP contribution in [0.2, 0.25) is 0 Å². The van der Waals surface area contributed by atoms with Gasteiger partial charge in [0.05, 0.1) is 0 Å². The zero-order valence-corrected chi connectivity index (χ0v) is 13.1. The number of aryl methyl sites for hydroxylation is 2. The predicted molar refractivity (Wildman–Crippen MR) is 87.1 cm³/mol. The maximum Gasteiger partial charge on any atom is 0.119 e. The van der Waals surface area contributed by atoms with E-state index in [2.05, 4.69) is 31.2 Å². The summed E-state index contributed by atoms with van der Waals surface area (Å²) in [5, 5.41) is 0. The first-order valence-corrected chi connectivity index (χ1v) is 8.38. The summed E-state index contributed by atoms with van der Waals surface area (Å²) in [7, 11) is 0. The zero-order chi connectivity index (χ0) is 14.5. The molecule has 0 saturated heterocycles. The summed E-state index contributed by atoms with van der Waals surface area (Å²) < 4.78 is 0. The highest BCUT2D eigenvalue weighted by molar-refractivity contribution is 5.48. The fraction of sp³-hybridized carbons (Fsp3) is 0.632. The molecule has 0 fully saturated rings. The topological polar surface area (TPSA) is 17.1 Å². The lowest BCUT2D eigenvalue weighted by atomic mass is 10.0. The van der Waals surface area contributed by atoms with E-state index in [1.165, 1.54) is 56.1 Å². The van der Waals surface area contributed by atoms with Crippen molar-refractivity contribution in [2.24, 2.45) is 0 Å². The molecule has 0 aromatic heterocycles. The van der Waals surface area contributed by atoms with E-state index in [0.717, 1.165) is 25.5 Å². The molecule has 1 nitrogen and oxygen atoms in total. The Bertz CT molecular complexity index is 339. The molecule has 0 saturated carbocycles. The summed E-state index contributed by atoms with van der Waals surface area (Å²) >= 11 is 0. The van der Waals surface area contributed by atoms with Gasteiger partial charge in [0, 0.05) is 6.42 Å². The fourth-order valence-electron chi connectivity index (χ4n) is 2.54. The molecule has 0 aliphatic rings. The maximum absolute atomic E-state index is 10.2. The largest absolute Gasteiger partial charge is 0.303 e. The quantitative estimate of drug-likeness (QED) is 0.363. The van der Waals surface area contributed by atoms with E-state index in [1.54, 1.807) is 0 Å². The molecule has 0 unspecified atom stereocenters. The van der Waals surface area contributed by atoms with Crippen molar-refractivity contribution >= 4 is 6.29 Å². The molecule has 0 bridgehead atoms. The molecule has 0 N–H and O–H groups in total. The van der Waals surface area contributed by atoms with Crippen LogP contribution in [0.4, 0.5) is 0 Å². The van der Waals surface area contributed by atoms with Gasteiger partial charge in [0.15, 0.2) is 0 Å². The van der Waals surface area contributed by atoms with Crippen LogP contribution in [0.1, 0.15) is 75.8 Å². The highest BCUT2D eigenvalue weighted by Gasteiger charge is 1.97. The van der Waals surface area contributed by atoms with Gasteiger partial charge in [-0.1, -0.05) is 63.3 Å². The molecule has 0 aliphatic carbocycles. The van der Waals surface area contributed by atoms with Crippen molar-refractivity contribution in [2.75, 3.05) is 0 Å². The monoisotopic (exact) mass is 274 g/mol. The van der Waals surface area contributed by atoms with Crippen molar-refractivity contribution in [2.45, 2.75) is 77.6 Å². The van der Waals surface area contributed by atoms with Gasteiger partial charge in [-0.3, -0.25) is 0 Å². The average Bonchev–Trinajstić information content (AvgIpc) is 2.49. The van der Waals surface area contributed by atoms with E-state index in [0.29, 0.717) is 6.42 Å². The zero-order valence-electron chi connectivity index (χ0n) is 13.1. The number of unbranched alkanes of at least 4 members (excludes halogenated alkanes) is 7. The standard InChI is InChI=1S/C19H30O/c1-2-3-4-5-6-8-11-18-13-15-19(16-14-18)12-9-7-10-17-20/h13-17H,2-12H2,1H3. The maximum atomic E-state index is 10.2. The first-order valence-electron chi connectivity index (χ1n) is 8.38. The number of aldehydes is 1. The summed E-state index contributed by atoms with van der Waals surface area (Å²) in [6.07, 6.45) is 14.4.